The number of rotatable bonds is 8. The number of hydrogen-bond acceptors (Lipinski definition) is 4. The summed E-state index contributed by atoms with van der Waals surface area (Å²) >= 11 is 0. The highest BCUT2D eigenvalue weighted by Gasteiger charge is 2.20. The summed E-state index contributed by atoms with van der Waals surface area (Å²) in [5.74, 6) is -0.682. The molecule has 2 aromatic carbocycles. The van der Waals surface area contributed by atoms with Crippen LogP contribution in [0.2, 0.25) is 0 Å². The number of nitrogens with one attached hydrogen (secondary N) is 1. The highest BCUT2D eigenvalue weighted by molar-refractivity contribution is 5.94. The lowest BCUT2D eigenvalue weighted by atomic mass is 9.92. The number of hydrogen-bond donors (Lipinski definition) is 1. The molecule has 0 spiro atoms. The van der Waals surface area contributed by atoms with Crippen molar-refractivity contribution >= 4 is 17.6 Å². The van der Waals surface area contributed by atoms with Gasteiger partial charge in [-0.25, -0.2) is 9.18 Å². The molecule has 0 bridgehead atoms. The van der Waals surface area contributed by atoms with Crippen LogP contribution in [-0.4, -0.2) is 24.6 Å². The Hall–Kier alpha value is -2.89. The molecule has 0 saturated heterocycles. The molecule has 0 aliphatic rings. The molecule has 0 heterocycles. The first-order valence-corrected chi connectivity index (χ1v) is 9.70. The van der Waals surface area contributed by atoms with E-state index in [0.717, 1.165) is 16.8 Å². The fourth-order valence-corrected chi connectivity index (χ4v) is 2.89. The lowest BCUT2D eigenvalue weighted by molar-refractivity contribution is -0.153. The standard InChI is InChI=1S/C23H28FNO4/c1-14(2)19-7-6-8-20(15(3)4)22(19)25-21(26)13-28-23(27)16(5)29-18-11-9-17(24)10-12-18/h6-12,14-16H,13H2,1-5H3,(H,25,26)/t16-/m0/s1. The molecule has 0 aliphatic carbocycles. The lowest BCUT2D eigenvalue weighted by Crippen LogP contribution is -2.30. The average Bonchev–Trinajstić information content (AvgIpc) is 2.67. The van der Waals surface area contributed by atoms with Crippen LogP contribution in [0.15, 0.2) is 42.5 Å². The van der Waals surface area contributed by atoms with Gasteiger partial charge in [-0.3, -0.25) is 4.79 Å². The summed E-state index contributed by atoms with van der Waals surface area (Å²) in [6.45, 7) is 9.33. The Morgan fingerprint density at radius 1 is 0.931 bits per heavy atom. The van der Waals surface area contributed by atoms with Crippen LogP contribution in [0.1, 0.15) is 57.6 Å². The molecule has 2 aromatic rings. The van der Waals surface area contributed by atoms with Gasteiger partial charge in [-0.05, 0) is 54.2 Å². The first kappa shape index (κ1) is 22.4. The minimum atomic E-state index is -0.928. The molecule has 0 saturated carbocycles. The van der Waals surface area contributed by atoms with E-state index in [1.165, 1.54) is 31.2 Å². The normalized spacial score (nSPS) is 12.0. The first-order valence-electron chi connectivity index (χ1n) is 9.70. The summed E-state index contributed by atoms with van der Waals surface area (Å²) in [5, 5.41) is 2.89. The number of carbonyl (C=O) groups excluding carboxylic acids is 2. The molecule has 1 N–H and O–H groups in total. The van der Waals surface area contributed by atoms with E-state index in [9.17, 15) is 14.0 Å². The van der Waals surface area contributed by atoms with E-state index in [1.54, 1.807) is 0 Å². The molecule has 0 aliphatic heterocycles. The summed E-state index contributed by atoms with van der Waals surface area (Å²) in [5.41, 5.74) is 2.84. The number of amides is 1. The van der Waals surface area contributed by atoms with Crippen LogP contribution >= 0.6 is 0 Å². The predicted molar refractivity (Wildman–Crippen MR) is 111 cm³/mol. The highest BCUT2D eigenvalue weighted by atomic mass is 19.1. The Morgan fingerprint density at radius 3 is 2.00 bits per heavy atom. The first-order chi connectivity index (χ1) is 13.7. The number of esters is 1. The Labute approximate surface area is 171 Å². The van der Waals surface area contributed by atoms with Crippen LogP contribution in [0.5, 0.6) is 5.75 Å². The molecule has 0 unspecified atom stereocenters. The summed E-state index contributed by atoms with van der Waals surface area (Å²) in [4.78, 5) is 24.5. The van der Waals surface area contributed by atoms with E-state index in [1.807, 2.05) is 18.2 Å². The van der Waals surface area contributed by atoms with E-state index < -0.39 is 30.4 Å². The molecule has 1 amide bonds. The molecule has 0 fully saturated rings. The fourth-order valence-electron chi connectivity index (χ4n) is 2.89. The van der Waals surface area contributed by atoms with Crippen molar-refractivity contribution in [1.29, 1.82) is 0 Å². The number of ether oxygens (including phenoxy) is 2. The van der Waals surface area contributed by atoms with Gasteiger partial charge >= 0.3 is 5.97 Å². The predicted octanol–water partition coefficient (Wildman–Crippen LogP) is 5.02. The smallest absolute Gasteiger partial charge is 0.347 e. The fraction of sp³-hybridized carbons (Fsp3) is 0.391. The number of carbonyl (C=O) groups is 2. The molecule has 0 aromatic heterocycles. The van der Waals surface area contributed by atoms with Crippen LogP contribution < -0.4 is 10.1 Å². The Bertz CT molecular complexity index is 820. The molecule has 29 heavy (non-hydrogen) atoms. The minimum Gasteiger partial charge on any atom is -0.479 e. The van der Waals surface area contributed by atoms with Crippen molar-refractivity contribution in [2.75, 3.05) is 11.9 Å². The summed E-state index contributed by atoms with van der Waals surface area (Å²) in [7, 11) is 0. The van der Waals surface area contributed by atoms with Gasteiger partial charge in [0.1, 0.15) is 11.6 Å². The maximum atomic E-state index is 12.9. The summed E-state index contributed by atoms with van der Waals surface area (Å²) < 4.78 is 23.4. The quantitative estimate of drug-likeness (QED) is 0.631. The van der Waals surface area contributed by atoms with Crippen molar-refractivity contribution < 1.29 is 23.5 Å². The zero-order valence-electron chi connectivity index (χ0n) is 17.5. The summed E-state index contributed by atoms with van der Waals surface area (Å²) in [6.07, 6.45) is -0.928. The maximum absolute atomic E-state index is 12.9. The zero-order valence-corrected chi connectivity index (χ0v) is 17.5. The highest BCUT2D eigenvalue weighted by Crippen LogP contribution is 2.32. The molecular weight excluding hydrogens is 373 g/mol. The van der Waals surface area contributed by atoms with Gasteiger partial charge in [-0.2, -0.15) is 0 Å². The maximum Gasteiger partial charge on any atom is 0.347 e. The monoisotopic (exact) mass is 401 g/mol. The Balaban J connectivity index is 1.97. The Morgan fingerprint density at radius 2 is 1.48 bits per heavy atom. The van der Waals surface area contributed by atoms with Gasteiger partial charge in [-0.15, -0.1) is 0 Å². The second-order valence-corrected chi connectivity index (χ2v) is 7.49. The second kappa shape index (κ2) is 10.0. The van der Waals surface area contributed by atoms with Crippen LogP contribution in [-0.2, 0) is 14.3 Å². The number of benzene rings is 2. The topological polar surface area (TPSA) is 64.6 Å². The van der Waals surface area contributed by atoms with Gasteiger partial charge < -0.3 is 14.8 Å². The number of anilines is 1. The van der Waals surface area contributed by atoms with Gasteiger partial charge in [0, 0.05) is 5.69 Å². The van der Waals surface area contributed by atoms with E-state index in [4.69, 9.17) is 9.47 Å². The van der Waals surface area contributed by atoms with Gasteiger partial charge in [0.2, 0.25) is 0 Å². The van der Waals surface area contributed by atoms with Crippen LogP contribution in [0, 0.1) is 5.82 Å². The van der Waals surface area contributed by atoms with E-state index in [-0.39, 0.29) is 11.8 Å². The molecule has 5 nitrogen and oxygen atoms in total. The number of para-hydroxylation sites is 1. The molecule has 6 heteroatoms. The van der Waals surface area contributed by atoms with E-state index >= 15 is 0 Å². The van der Waals surface area contributed by atoms with Gasteiger partial charge in [0.25, 0.3) is 5.91 Å². The van der Waals surface area contributed by atoms with Crippen molar-refractivity contribution in [3.8, 4) is 5.75 Å². The van der Waals surface area contributed by atoms with Crippen LogP contribution in [0.3, 0.4) is 0 Å². The third kappa shape index (κ3) is 6.31. The van der Waals surface area contributed by atoms with Crippen molar-refractivity contribution in [2.24, 2.45) is 0 Å². The molecule has 1 atom stereocenters. The largest absolute Gasteiger partial charge is 0.479 e. The number of halogens is 1. The lowest BCUT2D eigenvalue weighted by Gasteiger charge is -2.20. The van der Waals surface area contributed by atoms with Crippen molar-refractivity contribution in [3.05, 3.63) is 59.4 Å². The molecule has 0 radical (unpaired) electrons. The van der Waals surface area contributed by atoms with Crippen LogP contribution in [0.4, 0.5) is 10.1 Å². The van der Waals surface area contributed by atoms with Crippen molar-refractivity contribution in [2.45, 2.75) is 52.6 Å². The molecule has 156 valence electrons. The molecular formula is C23H28FNO4. The minimum absolute atomic E-state index is 0.232. The second-order valence-electron chi connectivity index (χ2n) is 7.49. The van der Waals surface area contributed by atoms with Crippen molar-refractivity contribution in [3.63, 3.8) is 0 Å². The van der Waals surface area contributed by atoms with Gasteiger partial charge in [0.15, 0.2) is 12.7 Å². The van der Waals surface area contributed by atoms with Crippen molar-refractivity contribution in [1.82, 2.24) is 0 Å². The average molecular weight is 401 g/mol. The zero-order chi connectivity index (χ0) is 21.6. The Kier molecular flexibility index (Phi) is 7.76. The van der Waals surface area contributed by atoms with E-state index in [2.05, 4.69) is 33.0 Å². The van der Waals surface area contributed by atoms with E-state index in [0.29, 0.717) is 5.75 Å². The molecule has 2 rings (SSSR count). The third-order valence-corrected chi connectivity index (χ3v) is 4.44. The van der Waals surface area contributed by atoms with Gasteiger partial charge in [0.05, 0.1) is 0 Å². The van der Waals surface area contributed by atoms with Crippen LogP contribution in [0.25, 0.3) is 0 Å². The third-order valence-electron chi connectivity index (χ3n) is 4.44. The van der Waals surface area contributed by atoms with Gasteiger partial charge in [-0.1, -0.05) is 45.9 Å². The SMILES string of the molecule is CC(C)c1cccc(C(C)C)c1NC(=O)COC(=O)[C@H](C)Oc1ccc(F)cc1. The summed E-state index contributed by atoms with van der Waals surface area (Å²) in [6, 6.07) is 11.3.